The Balaban J connectivity index is 2.02. The molecule has 0 aromatic heterocycles. The standard InChI is InChI=1S/C16H24FNO2/c1-11(2)15(12-5-7-13(17)8-6-12)18-14-9-19-16(3,4)20-10-14/h5-8,11,14-15,18H,9-10H2,1-4H3. The highest BCUT2D eigenvalue weighted by atomic mass is 19.1. The topological polar surface area (TPSA) is 30.5 Å². The molecule has 0 bridgehead atoms. The van der Waals surface area contributed by atoms with Gasteiger partial charge in [-0.15, -0.1) is 0 Å². The van der Waals surface area contributed by atoms with Gasteiger partial charge in [-0.1, -0.05) is 26.0 Å². The van der Waals surface area contributed by atoms with Crippen molar-refractivity contribution in [3.63, 3.8) is 0 Å². The van der Waals surface area contributed by atoms with E-state index in [1.165, 1.54) is 12.1 Å². The van der Waals surface area contributed by atoms with Crippen LogP contribution in [-0.2, 0) is 9.47 Å². The van der Waals surface area contributed by atoms with E-state index in [-0.39, 0.29) is 17.9 Å². The van der Waals surface area contributed by atoms with Gasteiger partial charge in [0.05, 0.1) is 19.3 Å². The third-order valence-corrected chi connectivity index (χ3v) is 3.58. The molecule has 1 saturated heterocycles. The van der Waals surface area contributed by atoms with Gasteiger partial charge in [-0.2, -0.15) is 0 Å². The molecule has 112 valence electrons. The fourth-order valence-corrected chi connectivity index (χ4v) is 2.39. The molecule has 1 unspecified atom stereocenters. The van der Waals surface area contributed by atoms with E-state index in [0.29, 0.717) is 19.1 Å². The molecule has 20 heavy (non-hydrogen) atoms. The molecule has 0 amide bonds. The molecule has 1 aromatic rings. The summed E-state index contributed by atoms with van der Waals surface area (Å²) in [7, 11) is 0. The summed E-state index contributed by atoms with van der Waals surface area (Å²) >= 11 is 0. The molecule has 3 nitrogen and oxygen atoms in total. The Morgan fingerprint density at radius 2 is 1.70 bits per heavy atom. The minimum absolute atomic E-state index is 0.153. The summed E-state index contributed by atoms with van der Waals surface area (Å²) in [5, 5.41) is 3.56. The molecule has 1 N–H and O–H groups in total. The van der Waals surface area contributed by atoms with Gasteiger partial charge >= 0.3 is 0 Å². The molecular formula is C16H24FNO2. The maximum absolute atomic E-state index is 13.0. The van der Waals surface area contributed by atoms with Crippen molar-refractivity contribution in [2.45, 2.75) is 45.6 Å². The predicted molar refractivity (Wildman–Crippen MR) is 76.9 cm³/mol. The van der Waals surface area contributed by atoms with Crippen LogP contribution >= 0.6 is 0 Å². The fraction of sp³-hybridized carbons (Fsp3) is 0.625. The van der Waals surface area contributed by atoms with Crippen molar-refractivity contribution in [3.05, 3.63) is 35.6 Å². The van der Waals surface area contributed by atoms with Crippen LogP contribution in [0.1, 0.15) is 39.3 Å². The summed E-state index contributed by atoms with van der Waals surface area (Å²) in [6, 6.07) is 6.99. The van der Waals surface area contributed by atoms with E-state index in [4.69, 9.17) is 9.47 Å². The molecule has 0 spiro atoms. The molecular weight excluding hydrogens is 257 g/mol. The smallest absolute Gasteiger partial charge is 0.162 e. The molecule has 1 aliphatic heterocycles. The summed E-state index contributed by atoms with van der Waals surface area (Å²) in [6.45, 7) is 9.38. The molecule has 0 saturated carbocycles. The minimum Gasteiger partial charge on any atom is -0.349 e. The number of nitrogens with one attached hydrogen (secondary N) is 1. The summed E-state index contributed by atoms with van der Waals surface area (Å²) in [5.74, 6) is -0.306. The molecule has 0 aliphatic carbocycles. The first-order valence-corrected chi connectivity index (χ1v) is 7.17. The van der Waals surface area contributed by atoms with Crippen LogP contribution in [0, 0.1) is 11.7 Å². The van der Waals surface area contributed by atoms with E-state index in [1.807, 2.05) is 26.0 Å². The normalized spacial score (nSPS) is 21.1. The second-order valence-electron chi connectivity index (χ2n) is 6.16. The summed E-state index contributed by atoms with van der Waals surface area (Å²) in [5.41, 5.74) is 1.09. The second kappa shape index (κ2) is 6.20. The van der Waals surface area contributed by atoms with Crippen molar-refractivity contribution in [2.75, 3.05) is 13.2 Å². The zero-order valence-electron chi connectivity index (χ0n) is 12.7. The number of ether oxygens (including phenoxy) is 2. The van der Waals surface area contributed by atoms with Crippen LogP contribution in [0.3, 0.4) is 0 Å². The van der Waals surface area contributed by atoms with E-state index in [0.717, 1.165) is 5.56 Å². The van der Waals surface area contributed by atoms with E-state index >= 15 is 0 Å². The molecule has 1 aliphatic rings. The Morgan fingerprint density at radius 1 is 1.15 bits per heavy atom. The first-order valence-electron chi connectivity index (χ1n) is 7.17. The lowest BCUT2D eigenvalue weighted by molar-refractivity contribution is -0.253. The Labute approximate surface area is 120 Å². The van der Waals surface area contributed by atoms with Crippen LogP contribution in [0.15, 0.2) is 24.3 Å². The maximum atomic E-state index is 13.0. The number of halogens is 1. The third kappa shape index (κ3) is 4.01. The highest BCUT2D eigenvalue weighted by Crippen LogP contribution is 2.24. The van der Waals surface area contributed by atoms with Crippen molar-refractivity contribution >= 4 is 0 Å². The molecule has 1 atom stereocenters. The van der Waals surface area contributed by atoms with E-state index in [2.05, 4.69) is 19.2 Å². The van der Waals surface area contributed by atoms with Gasteiger partial charge < -0.3 is 14.8 Å². The van der Waals surface area contributed by atoms with E-state index < -0.39 is 5.79 Å². The molecule has 0 radical (unpaired) electrons. The Bertz CT molecular complexity index is 421. The summed E-state index contributed by atoms with van der Waals surface area (Å²) < 4.78 is 24.4. The molecule has 2 rings (SSSR count). The average Bonchev–Trinajstić information content (AvgIpc) is 2.38. The lowest BCUT2D eigenvalue weighted by atomic mass is 9.95. The van der Waals surface area contributed by atoms with Crippen molar-refractivity contribution in [1.82, 2.24) is 5.32 Å². The van der Waals surface area contributed by atoms with Gasteiger partial charge in [0.2, 0.25) is 0 Å². The Kier molecular flexibility index (Phi) is 4.78. The van der Waals surface area contributed by atoms with Gasteiger partial charge in [0.15, 0.2) is 5.79 Å². The summed E-state index contributed by atoms with van der Waals surface area (Å²) in [6.07, 6.45) is 0. The number of hydrogen-bond donors (Lipinski definition) is 1. The van der Waals surface area contributed by atoms with Crippen LogP contribution in [0.5, 0.6) is 0 Å². The van der Waals surface area contributed by atoms with Gasteiger partial charge in [-0.05, 0) is 37.5 Å². The van der Waals surface area contributed by atoms with Crippen molar-refractivity contribution < 1.29 is 13.9 Å². The highest BCUT2D eigenvalue weighted by Gasteiger charge is 2.30. The van der Waals surface area contributed by atoms with Crippen LogP contribution in [0.25, 0.3) is 0 Å². The number of hydrogen-bond acceptors (Lipinski definition) is 3. The molecule has 4 heteroatoms. The minimum atomic E-state index is -0.499. The van der Waals surface area contributed by atoms with Crippen molar-refractivity contribution in [1.29, 1.82) is 0 Å². The Morgan fingerprint density at radius 3 is 2.20 bits per heavy atom. The predicted octanol–water partition coefficient (Wildman–Crippen LogP) is 3.26. The quantitative estimate of drug-likeness (QED) is 0.919. The lowest BCUT2D eigenvalue weighted by Gasteiger charge is -2.37. The van der Waals surface area contributed by atoms with Crippen LogP contribution in [-0.4, -0.2) is 25.0 Å². The highest BCUT2D eigenvalue weighted by molar-refractivity contribution is 5.20. The lowest BCUT2D eigenvalue weighted by Crippen LogP contribution is -2.50. The molecule has 1 fully saturated rings. The molecule has 1 heterocycles. The van der Waals surface area contributed by atoms with E-state index in [1.54, 1.807) is 0 Å². The van der Waals surface area contributed by atoms with Crippen LogP contribution < -0.4 is 5.32 Å². The van der Waals surface area contributed by atoms with Gasteiger partial charge in [-0.3, -0.25) is 0 Å². The fourth-order valence-electron chi connectivity index (χ4n) is 2.39. The summed E-state index contributed by atoms with van der Waals surface area (Å²) in [4.78, 5) is 0. The van der Waals surface area contributed by atoms with Crippen molar-refractivity contribution in [3.8, 4) is 0 Å². The van der Waals surface area contributed by atoms with Crippen molar-refractivity contribution in [2.24, 2.45) is 5.92 Å². The first kappa shape index (κ1) is 15.4. The zero-order chi connectivity index (χ0) is 14.8. The average molecular weight is 281 g/mol. The monoisotopic (exact) mass is 281 g/mol. The second-order valence-corrected chi connectivity index (χ2v) is 6.16. The largest absolute Gasteiger partial charge is 0.349 e. The Hall–Kier alpha value is -0.970. The van der Waals surface area contributed by atoms with Crippen LogP contribution in [0.2, 0.25) is 0 Å². The first-order chi connectivity index (χ1) is 9.37. The SMILES string of the molecule is CC(C)C(NC1COC(C)(C)OC1)c1ccc(F)cc1. The number of rotatable bonds is 4. The van der Waals surface area contributed by atoms with E-state index in [9.17, 15) is 4.39 Å². The van der Waals surface area contributed by atoms with Gasteiger partial charge in [0.25, 0.3) is 0 Å². The van der Waals surface area contributed by atoms with Crippen LogP contribution in [0.4, 0.5) is 4.39 Å². The molecule has 1 aromatic carbocycles. The third-order valence-electron chi connectivity index (χ3n) is 3.58. The zero-order valence-corrected chi connectivity index (χ0v) is 12.7. The van der Waals surface area contributed by atoms with Gasteiger partial charge in [0.1, 0.15) is 5.82 Å². The maximum Gasteiger partial charge on any atom is 0.162 e. The van der Waals surface area contributed by atoms with Gasteiger partial charge in [0, 0.05) is 6.04 Å². The number of benzene rings is 1. The van der Waals surface area contributed by atoms with Gasteiger partial charge in [-0.25, -0.2) is 4.39 Å².